The highest BCUT2D eigenvalue weighted by Crippen LogP contribution is 2.19. The van der Waals surface area contributed by atoms with E-state index in [0.717, 1.165) is 13.2 Å². The normalized spacial score (nSPS) is 22.5. The van der Waals surface area contributed by atoms with Crippen LogP contribution < -0.4 is 0 Å². The van der Waals surface area contributed by atoms with Crippen LogP contribution >= 0.6 is 0 Å². The lowest BCUT2D eigenvalue weighted by Crippen LogP contribution is -2.10. The van der Waals surface area contributed by atoms with Crippen molar-refractivity contribution >= 4 is 0 Å². The van der Waals surface area contributed by atoms with Crippen molar-refractivity contribution in [1.29, 1.82) is 0 Å². The topological polar surface area (TPSA) is 9.23 Å². The molecule has 1 heteroatoms. The van der Waals surface area contributed by atoms with Crippen LogP contribution in [0.2, 0.25) is 0 Å². The van der Waals surface area contributed by atoms with E-state index >= 15 is 0 Å². The van der Waals surface area contributed by atoms with Crippen LogP contribution in [-0.2, 0) is 4.74 Å². The Kier molecular flexibility index (Phi) is 2.23. The number of benzene rings is 1. The van der Waals surface area contributed by atoms with E-state index < -0.39 is 0 Å². The molecule has 1 aliphatic rings. The Morgan fingerprint density at radius 3 is 2.67 bits per heavy atom. The van der Waals surface area contributed by atoms with Crippen LogP contribution in [0.1, 0.15) is 11.5 Å². The number of rotatable bonds is 1. The molecule has 62 valence electrons. The molecule has 0 fully saturated rings. The highest BCUT2D eigenvalue weighted by atomic mass is 16.5. The second kappa shape index (κ2) is 3.55. The number of hydrogen-bond donors (Lipinski definition) is 0. The fourth-order valence-corrected chi connectivity index (χ4v) is 1.45. The molecule has 0 aliphatic carbocycles. The SMILES string of the molecule is C1=CC(c2ccccc2)COC1. The molecule has 1 nitrogen and oxygen atoms in total. The van der Waals surface area contributed by atoms with Gasteiger partial charge in [-0.05, 0) is 5.56 Å². The molecule has 0 radical (unpaired) electrons. The van der Waals surface area contributed by atoms with Crippen molar-refractivity contribution in [2.24, 2.45) is 0 Å². The second-order valence-electron chi connectivity index (χ2n) is 2.98. The van der Waals surface area contributed by atoms with Crippen LogP contribution in [0.4, 0.5) is 0 Å². The van der Waals surface area contributed by atoms with Gasteiger partial charge in [-0.3, -0.25) is 0 Å². The third-order valence-electron chi connectivity index (χ3n) is 2.11. The Hall–Kier alpha value is -1.08. The summed E-state index contributed by atoms with van der Waals surface area (Å²) in [6.45, 7) is 1.59. The Morgan fingerprint density at radius 1 is 1.17 bits per heavy atom. The Labute approximate surface area is 72.7 Å². The molecule has 0 bridgehead atoms. The lowest BCUT2D eigenvalue weighted by molar-refractivity contribution is 0.146. The van der Waals surface area contributed by atoms with Crippen molar-refractivity contribution in [2.45, 2.75) is 5.92 Å². The minimum atomic E-state index is 0.458. The van der Waals surface area contributed by atoms with Gasteiger partial charge < -0.3 is 4.74 Å². The molecule has 0 spiro atoms. The molecule has 1 heterocycles. The zero-order valence-corrected chi connectivity index (χ0v) is 6.94. The minimum absolute atomic E-state index is 0.458. The third-order valence-corrected chi connectivity index (χ3v) is 2.11. The van der Waals surface area contributed by atoms with Gasteiger partial charge in [-0.15, -0.1) is 0 Å². The number of hydrogen-bond acceptors (Lipinski definition) is 1. The van der Waals surface area contributed by atoms with E-state index in [9.17, 15) is 0 Å². The summed E-state index contributed by atoms with van der Waals surface area (Å²) in [5.41, 5.74) is 1.34. The largest absolute Gasteiger partial charge is 0.376 e. The van der Waals surface area contributed by atoms with Gasteiger partial charge in [0.15, 0.2) is 0 Å². The number of ether oxygens (including phenoxy) is 1. The maximum Gasteiger partial charge on any atom is 0.0648 e. The van der Waals surface area contributed by atoms with Crippen molar-refractivity contribution < 1.29 is 4.74 Å². The molecule has 0 saturated heterocycles. The highest BCUT2D eigenvalue weighted by Gasteiger charge is 2.09. The van der Waals surface area contributed by atoms with Crippen molar-refractivity contribution in [3.05, 3.63) is 48.0 Å². The van der Waals surface area contributed by atoms with Crippen LogP contribution in [0.15, 0.2) is 42.5 Å². The Bertz CT molecular complexity index is 264. The third kappa shape index (κ3) is 1.56. The first kappa shape index (κ1) is 7.56. The van der Waals surface area contributed by atoms with Gasteiger partial charge in [0.2, 0.25) is 0 Å². The molecule has 1 unspecified atom stereocenters. The van der Waals surface area contributed by atoms with E-state index in [-0.39, 0.29) is 0 Å². The molecule has 0 amide bonds. The molecule has 12 heavy (non-hydrogen) atoms. The fraction of sp³-hybridized carbons (Fsp3) is 0.273. The van der Waals surface area contributed by atoms with E-state index in [1.54, 1.807) is 0 Å². The van der Waals surface area contributed by atoms with Crippen LogP contribution in [0.5, 0.6) is 0 Å². The minimum Gasteiger partial charge on any atom is -0.376 e. The Balaban J connectivity index is 2.19. The van der Waals surface area contributed by atoms with Crippen molar-refractivity contribution in [3.8, 4) is 0 Å². The maximum atomic E-state index is 5.35. The summed E-state index contributed by atoms with van der Waals surface area (Å²) in [4.78, 5) is 0. The average molecular weight is 160 g/mol. The van der Waals surface area contributed by atoms with Crippen LogP contribution in [0.25, 0.3) is 0 Å². The first-order valence-corrected chi connectivity index (χ1v) is 4.26. The average Bonchev–Trinajstić information content (AvgIpc) is 2.21. The molecule has 0 saturated carbocycles. The summed E-state index contributed by atoms with van der Waals surface area (Å²) >= 11 is 0. The summed E-state index contributed by atoms with van der Waals surface area (Å²) in [5.74, 6) is 0.458. The van der Waals surface area contributed by atoms with E-state index in [1.165, 1.54) is 5.56 Å². The fourth-order valence-electron chi connectivity index (χ4n) is 1.45. The van der Waals surface area contributed by atoms with Gasteiger partial charge in [-0.2, -0.15) is 0 Å². The monoisotopic (exact) mass is 160 g/mol. The summed E-state index contributed by atoms with van der Waals surface area (Å²) in [7, 11) is 0. The lowest BCUT2D eigenvalue weighted by atomic mass is 9.99. The predicted octanol–water partition coefficient (Wildman–Crippen LogP) is 2.36. The summed E-state index contributed by atoms with van der Waals surface area (Å²) in [6, 6.07) is 10.5. The second-order valence-corrected chi connectivity index (χ2v) is 2.98. The van der Waals surface area contributed by atoms with E-state index in [4.69, 9.17) is 4.74 Å². The maximum absolute atomic E-state index is 5.35. The first-order valence-electron chi connectivity index (χ1n) is 4.26. The van der Waals surface area contributed by atoms with Crippen LogP contribution in [0.3, 0.4) is 0 Å². The molecule has 1 aromatic rings. The van der Waals surface area contributed by atoms with Gasteiger partial charge in [0.05, 0.1) is 13.2 Å². The standard InChI is InChI=1S/C11H12O/c1-2-5-10(6-3-1)11-7-4-8-12-9-11/h1-7,11H,8-9H2. The van der Waals surface area contributed by atoms with Crippen molar-refractivity contribution in [3.63, 3.8) is 0 Å². The van der Waals surface area contributed by atoms with Crippen molar-refractivity contribution in [2.75, 3.05) is 13.2 Å². The molecule has 0 aromatic heterocycles. The van der Waals surface area contributed by atoms with E-state index in [0.29, 0.717) is 5.92 Å². The first-order chi connectivity index (χ1) is 5.97. The molecule has 2 rings (SSSR count). The van der Waals surface area contributed by atoms with Gasteiger partial charge >= 0.3 is 0 Å². The summed E-state index contributed by atoms with van der Waals surface area (Å²) < 4.78 is 5.35. The summed E-state index contributed by atoms with van der Waals surface area (Å²) in [5, 5.41) is 0. The van der Waals surface area contributed by atoms with Gasteiger partial charge in [0, 0.05) is 5.92 Å². The van der Waals surface area contributed by atoms with Gasteiger partial charge in [0.25, 0.3) is 0 Å². The summed E-state index contributed by atoms with van der Waals surface area (Å²) in [6.07, 6.45) is 4.31. The molecule has 1 aliphatic heterocycles. The molecular weight excluding hydrogens is 148 g/mol. The van der Waals surface area contributed by atoms with Crippen LogP contribution in [-0.4, -0.2) is 13.2 Å². The van der Waals surface area contributed by atoms with E-state index in [1.807, 2.05) is 6.07 Å². The lowest BCUT2D eigenvalue weighted by Gasteiger charge is -2.16. The van der Waals surface area contributed by atoms with E-state index in [2.05, 4.69) is 36.4 Å². The zero-order valence-electron chi connectivity index (χ0n) is 6.94. The predicted molar refractivity (Wildman–Crippen MR) is 49.1 cm³/mol. The quantitative estimate of drug-likeness (QED) is 0.573. The van der Waals surface area contributed by atoms with Crippen LogP contribution in [0, 0.1) is 0 Å². The van der Waals surface area contributed by atoms with Gasteiger partial charge in [-0.1, -0.05) is 42.5 Å². The zero-order chi connectivity index (χ0) is 8.23. The smallest absolute Gasteiger partial charge is 0.0648 e. The van der Waals surface area contributed by atoms with Gasteiger partial charge in [-0.25, -0.2) is 0 Å². The molecule has 1 atom stereocenters. The molecule has 1 aromatic carbocycles. The Morgan fingerprint density at radius 2 is 2.00 bits per heavy atom. The van der Waals surface area contributed by atoms with Gasteiger partial charge in [0.1, 0.15) is 0 Å². The molecular formula is C11H12O. The highest BCUT2D eigenvalue weighted by molar-refractivity contribution is 5.24. The van der Waals surface area contributed by atoms with Crippen molar-refractivity contribution in [1.82, 2.24) is 0 Å². The molecule has 0 N–H and O–H groups in total.